The number of phenols is 1. The summed E-state index contributed by atoms with van der Waals surface area (Å²) >= 11 is 0. The maximum absolute atomic E-state index is 10.1. The van der Waals surface area contributed by atoms with E-state index in [9.17, 15) is 5.11 Å². The van der Waals surface area contributed by atoms with Crippen LogP contribution < -0.4 is 0 Å². The smallest absolute Gasteiger partial charge is 0.170 e. The zero-order valence-electron chi connectivity index (χ0n) is 14.4. The van der Waals surface area contributed by atoms with Gasteiger partial charge in [-0.25, -0.2) is 0 Å². The quantitative estimate of drug-likeness (QED) is 0.739. The minimum atomic E-state index is 0.196. The van der Waals surface area contributed by atoms with E-state index < -0.39 is 0 Å². The second-order valence-electron chi connectivity index (χ2n) is 6.65. The van der Waals surface area contributed by atoms with Crippen LogP contribution in [0.1, 0.15) is 31.4 Å². The molecular weight excluding hydrogens is 312 g/mol. The first-order valence-corrected chi connectivity index (χ1v) is 8.81. The summed E-state index contributed by atoms with van der Waals surface area (Å²) in [6.07, 6.45) is 4.17. The number of benzene rings is 2. The fourth-order valence-corrected chi connectivity index (χ4v) is 3.59. The highest BCUT2D eigenvalue weighted by Crippen LogP contribution is 2.34. The van der Waals surface area contributed by atoms with Crippen molar-refractivity contribution >= 4 is 0 Å². The van der Waals surface area contributed by atoms with Crippen LogP contribution in [0.2, 0.25) is 0 Å². The monoisotopic (exact) mass is 334 g/mol. The van der Waals surface area contributed by atoms with Gasteiger partial charge in [0.2, 0.25) is 0 Å². The van der Waals surface area contributed by atoms with Gasteiger partial charge in [0.15, 0.2) is 5.76 Å². The molecule has 1 aromatic heterocycles. The second-order valence-corrected chi connectivity index (χ2v) is 6.65. The van der Waals surface area contributed by atoms with Crippen molar-refractivity contribution in [3.63, 3.8) is 0 Å². The van der Waals surface area contributed by atoms with Gasteiger partial charge in [-0.05, 0) is 67.7 Å². The van der Waals surface area contributed by atoms with E-state index in [4.69, 9.17) is 4.52 Å². The molecule has 2 aromatic carbocycles. The Balaban J connectivity index is 1.68. The van der Waals surface area contributed by atoms with Crippen molar-refractivity contribution in [3.8, 4) is 28.2 Å². The lowest BCUT2D eigenvalue weighted by Crippen LogP contribution is -2.23. The van der Waals surface area contributed by atoms with Gasteiger partial charge in [0, 0.05) is 12.1 Å². The summed E-state index contributed by atoms with van der Waals surface area (Å²) in [5, 5.41) is 13.9. The summed E-state index contributed by atoms with van der Waals surface area (Å²) in [5.74, 6) is 0.767. The van der Waals surface area contributed by atoms with E-state index in [-0.39, 0.29) is 5.75 Å². The predicted molar refractivity (Wildman–Crippen MR) is 98.3 cm³/mol. The lowest BCUT2D eigenvalue weighted by Gasteiger charge is -2.24. The zero-order chi connectivity index (χ0) is 17.2. The fraction of sp³-hybridized carbons (Fsp3) is 0.286. The molecular formula is C21H22N2O2. The molecule has 0 aliphatic carbocycles. The van der Waals surface area contributed by atoms with E-state index in [1.54, 1.807) is 18.3 Å². The van der Waals surface area contributed by atoms with Crippen LogP contribution in [0, 0.1) is 0 Å². The highest BCUT2D eigenvalue weighted by atomic mass is 16.5. The van der Waals surface area contributed by atoms with E-state index in [0.29, 0.717) is 17.4 Å². The molecule has 1 unspecified atom stereocenters. The summed E-state index contributed by atoms with van der Waals surface area (Å²) < 4.78 is 5.20. The largest absolute Gasteiger partial charge is 0.507 e. The number of rotatable bonds is 4. The third kappa shape index (κ3) is 3.17. The van der Waals surface area contributed by atoms with Crippen molar-refractivity contribution < 1.29 is 9.63 Å². The number of likely N-dealkylation sites (tertiary alicyclic amines) is 1. The molecule has 128 valence electrons. The van der Waals surface area contributed by atoms with Crippen molar-refractivity contribution in [2.75, 3.05) is 13.1 Å². The average Bonchev–Trinajstić information content (AvgIpc) is 3.35. The molecule has 2 heterocycles. The van der Waals surface area contributed by atoms with E-state index >= 15 is 0 Å². The molecule has 0 radical (unpaired) electrons. The fourth-order valence-electron chi connectivity index (χ4n) is 3.59. The highest BCUT2D eigenvalue weighted by Gasteiger charge is 2.19. The van der Waals surface area contributed by atoms with Gasteiger partial charge in [-0.1, -0.05) is 29.4 Å². The van der Waals surface area contributed by atoms with Crippen LogP contribution in [-0.4, -0.2) is 28.3 Å². The third-order valence-electron chi connectivity index (χ3n) is 5.09. The summed E-state index contributed by atoms with van der Waals surface area (Å²) in [4.78, 5) is 2.54. The SMILES string of the molecule is CC(c1cccc(-c2ccc(O)c(-c3ccno3)c2)c1)N1CCCC1. The Labute approximate surface area is 147 Å². The third-order valence-corrected chi connectivity index (χ3v) is 5.09. The predicted octanol–water partition coefficient (Wildman–Crippen LogP) is 4.87. The number of aromatic hydroxyl groups is 1. The van der Waals surface area contributed by atoms with Crippen molar-refractivity contribution in [1.82, 2.24) is 10.1 Å². The Morgan fingerprint density at radius 1 is 1.04 bits per heavy atom. The van der Waals surface area contributed by atoms with Gasteiger partial charge in [0.1, 0.15) is 5.75 Å². The van der Waals surface area contributed by atoms with Crippen LogP contribution in [0.15, 0.2) is 59.3 Å². The van der Waals surface area contributed by atoms with Crippen molar-refractivity contribution in [1.29, 1.82) is 0 Å². The molecule has 0 saturated carbocycles. The molecule has 0 bridgehead atoms. The molecule has 1 fully saturated rings. The maximum atomic E-state index is 10.1. The Bertz CT molecular complexity index is 852. The van der Waals surface area contributed by atoms with Crippen LogP contribution in [0.3, 0.4) is 0 Å². The van der Waals surface area contributed by atoms with Gasteiger partial charge in [-0.2, -0.15) is 0 Å². The van der Waals surface area contributed by atoms with Crippen LogP contribution in [0.4, 0.5) is 0 Å². The van der Waals surface area contributed by atoms with Crippen LogP contribution in [0.25, 0.3) is 22.5 Å². The molecule has 4 rings (SSSR count). The molecule has 3 aromatic rings. The summed E-state index contributed by atoms with van der Waals surface area (Å²) in [5.41, 5.74) is 4.19. The minimum Gasteiger partial charge on any atom is -0.507 e. The lowest BCUT2D eigenvalue weighted by atomic mass is 9.97. The van der Waals surface area contributed by atoms with Gasteiger partial charge in [0.05, 0.1) is 11.8 Å². The lowest BCUT2D eigenvalue weighted by molar-refractivity contribution is 0.263. The van der Waals surface area contributed by atoms with Gasteiger partial charge < -0.3 is 9.63 Å². The molecule has 0 spiro atoms. The molecule has 1 saturated heterocycles. The van der Waals surface area contributed by atoms with E-state index in [2.05, 4.69) is 41.2 Å². The van der Waals surface area contributed by atoms with Gasteiger partial charge in [-0.3, -0.25) is 4.90 Å². The maximum Gasteiger partial charge on any atom is 0.170 e. The number of aromatic nitrogens is 1. The molecule has 1 aliphatic heterocycles. The Kier molecular flexibility index (Phi) is 4.28. The normalized spacial score (nSPS) is 16.2. The molecule has 4 nitrogen and oxygen atoms in total. The standard InChI is InChI=1S/C21H22N2O2/c1-15(23-11-2-3-12-23)16-5-4-6-17(13-16)18-7-8-20(24)19(14-18)21-9-10-22-25-21/h4-10,13-15,24H,2-3,11-12H2,1H3. The van der Waals surface area contributed by atoms with Crippen molar-refractivity contribution in [3.05, 3.63) is 60.3 Å². The summed E-state index contributed by atoms with van der Waals surface area (Å²) in [6.45, 7) is 4.64. The van der Waals surface area contributed by atoms with Gasteiger partial charge in [-0.15, -0.1) is 0 Å². The molecule has 25 heavy (non-hydrogen) atoms. The van der Waals surface area contributed by atoms with E-state index in [1.807, 2.05) is 12.1 Å². The first kappa shape index (κ1) is 15.9. The Morgan fingerprint density at radius 2 is 1.84 bits per heavy atom. The number of hydrogen-bond acceptors (Lipinski definition) is 4. The molecule has 1 atom stereocenters. The number of phenolic OH excluding ortho intramolecular Hbond substituents is 1. The Morgan fingerprint density at radius 3 is 2.60 bits per heavy atom. The summed E-state index contributed by atoms with van der Waals surface area (Å²) in [6, 6.07) is 16.4. The Hall–Kier alpha value is -2.59. The van der Waals surface area contributed by atoms with E-state index in [0.717, 1.165) is 11.1 Å². The zero-order valence-corrected chi connectivity index (χ0v) is 14.4. The van der Waals surface area contributed by atoms with Crippen LogP contribution in [-0.2, 0) is 0 Å². The van der Waals surface area contributed by atoms with Crippen molar-refractivity contribution in [2.45, 2.75) is 25.8 Å². The molecule has 1 N–H and O–H groups in total. The minimum absolute atomic E-state index is 0.196. The first-order chi connectivity index (χ1) is 12.2. The molecule has 0 amide bonds. The topological polar surface area (TPSA) is 49.5 Å². The van der Waals surface area contributed by atoms with E-state index in [1.165, 1.54) is 31.5 Å². The van der Waals surface area contributed by atoms with Crippen LogP contribution in [0.5, 0.6) is 5.75 Å². The molecule has 1 aliphatic rings. The summed E-state index contributed by atoms with van der Waals surface area (Å²) in [7, 11) is 0. The second kappa shape index (κ2) is 6.73. The van der Waals surface area contributed by atoms with Crippen LogP contribution >= 0.6 is 0 Å². The number of hydrogen-bond donors (Lipinski definition) is 1. The van der Waals surface area contributed by atoms with Gasteiger partial charge >= 0.3 is 0 Å². The van der Waals surface area contributed by atoms with Gasteiger partial charge in [0.25, 0.3) is 0 Å². The number of nitrogens with zero attached hydrogens (tertiary/aromatic N) is 2. The molecule has 4 heteroatoms. The highest BCUT2D eigenvalue weighted by molar-refractivity contribution is 5.75. The first-order valence-electron chi connectivity index (χ1n) is 8.81. The average molecular weight is 334 g/mol. The van der Waals surface area contributed by atoms with Crippen molar-refractivity contribution in [2.24, 2.45) is 0 Å².